The minimum Gasteiger partial charge on any atom is -0.345 e. The van der Waals surface area contributed by atoms with Crippen LogP contribution in [-0.4, -0.2) is 10.9 Å². The summed E-state index contributed by atoms with van der Waals surface area (Å²) in [6, 6.07) is 6.22. The van der Waals surface area contributed by atoms with Crippen LogP contribution >= 0.6 is 23.2 Å². The second kappa shape index (κ2) is 6.76. The van der Waals surface area contributed by atoms with Crippen LogP contribution in [0.5, 0.6) is 0 Å². The summed E-state index contributed by atoms with van der Waals surface area (Å²) in [5.41, 5.74) is -0.387. The van der Waals surface area contributed by atoms with Gasteiger partial charge < -0.3 is 5.32 Å². The molecule has 122 valence electrons. The van der Waals surface area contributed by atoms with Gasteiger partial charge in [-0.15, -0.1) is 0 Å². The van der Waals surface area contributed by atoms with Gasteiger partial charge in [0, 0.05) is 16.2 Å². The molecule has 3 nitrogen and oxygen atoms in total. The number of rotatable bonds is 3. The maximum absolute atomic E-state index is 12.4. The molecule has 2 rings (SSSR count). The minimum absolute atomic E-state index is 0.0231. The first-order chi connectivity index (χ1) is 10.7. The van der Waals surface area contributed by atoms with Gasteiger partial charge in [-0.25, -0.2) is 0 Å². The molecule has 0 saturated heterocycles. The van der Waals surface area contributed by atoms with Crippen molar-refractivity contribution in [2.24, 2.45) is 0 Å². The van der Waals surface area contributed by atoms with Gasteiger partial charge >= 0.3 is 6.18 Å². The summed E-state index contributed by atoms with van der Waals surface area (Å²) >= 11 is 11.9. The first-order valence-corrected chi connectivity index (χ1v) is 7.23. The summed E-state index contributed by atoms with van der Waals surface area (Å²) in [5, 5.41) is 3.49. The number of halogens is 5. The molecule has 23 heavy (non-hydrogen) atoms. The summed E-state index contributed by atoms with van der Waals surface area (Å²) in [7, 11) is 0. The average Bonchev–Trinajstić information content (AvgIpc) is 2.46. The highest BCUT2D eigenvalue weighted by Crippen LogP contribution is 2.28. The smallest absolute Gasteiger partial charge is 0.345 e. The molecule has 1 N–H and O–H groups in total. The molecule has 0 fully saturated rings. The Bertz CT molecular complexity index is 718. The number of hydrogen-bond acceptors (Lipinski definition) is 2. The van der Waals surface area contributed by atoms with Gasteiger partial charge in [-0.3, -0.25) is 9.78 Å². The fourth-order valence-corrected chi connectivity index (χ4v) is 2.48. The molecule has 8 heteroatoms. The fourth-order valence-electron chi connectivity index (χ4n) is 1.91. The summed E-state index contributed by atoms with van der Waals surface area (Å²) in [5.74, 6) is -0.551. The Labute approximate surface area is 140 Å². The van der Waals surface area contributed by atoms with Gasteiger partial charge in [0.25, 0.3) is 5.91 Å². The Hall–Kier alpha value is -1.79. The molecule has 1 amide bonds. The molecule has 0 radical (unpaired) electrons. The maximum Gasteiger partial charge on any atom is 0.433 e. The molecule has 0 aliphatic heterocycles. The quantitative estimate of drug-likeness (QED) is 0.843. The van der Waals surface area contributed by atoms with Crippen molar-refractivity contribution < 1.29 is 18.0 Å². The normalized spacial score (nSPS) is 12.8. The Kier molecular flexibility index (Phi) is 5.16. The third kappa shape index (κ3) is 4.36. The van der Waals surface area contributed by atoms with E-state index in [2.05, 4.69) is 10.3 Å². The molecule has 0 aliphatic rings. The van der Waals surface area contributed by atoms with E-state index < -0.39 is 23.8 Å². The molecule has 1 heterocycles. The van der Waals surface area contributed by atoms with Crippen molar-refractivity contribution in [2.45, 2.75) is 19.1 Å². The third-order valence-electron chi connectivity index (χ3n) is 3.09. The predicted octanol–water partition coefficient (Wildman–Crippen LogP) is 4.90. The molecular formula is C15H11Cl2F3N2O. The van der Waals surface area contributed by atoms with Crippen LogP contribution in [0.3, 0.4) is 0 Å². The van der Waals surface area contributed by atoms with Crippen LogP contribution in [0.1, 0.15) is 34.6 Å². The van der Waals surface area contributed by atoms with Gasteiger partial charge in [0.2, 0.25) is 0 Å². The van der Waals surface area contributed by atoms with Crippen molar-refractivity contribution in [3.63, 3.8) is 0 Å². The van der Waals surface area contributed by atoms with Crippen LogP contribution in [-0.2, 0) is 6.18 Å². The number of carbonyl (C=O) groups is 1. The molecule has 0 aliphatic carbocycles. The third-order valence-corrected chi connectivity index (χ3v) is 3.66. The molecule has 1 unspecified atom stereocenters. The largest absolute Gasteiger partial charge is 0.433 e. The van der Waals surface area contributed by atoms with Crippen molar-refractivity contribution in [3.05, 3.63) is 63.4 Å². The van der Waals surface area contributed by atoms with E-state index in [0.717, 1.165) is 18.3 Å². The Morgan fingerprint density at radius 3 is 2.43 bits per heavy atom. The van der Waals surface area contributed by atoms with Crippen molar-refractivity contribution in [1.82, 2.24) is 10.3 Å². The Morgan fingerprint density at radius 1 is 1.22 bits per heavy atom. The van der Waals surface area contributed by atoms with Gasteiger partial charge in [-0.05, 0) is 36.8 Å². The number of nitrogens with one attached hydrogen (secondary N) is 1. The first kappa shape index (κ1) is 17.6. The van der Waals surface area contributed by atoms with Crippen LogP contribution in [0.15, 0.2) is 36.5 Å². The lowest BCUT2D eigenvalue weighted by atomic mass is 10.1. The molecule has 1 atom stereocenters. The number of carbonyl (C=O) groups excluding carboxylic acids is 1. The lowest BCUT2D eigenvalue weighted by Gasteiger charge is -2.16. The number of benzene rings is 1. The second-order valence-corrected chi connectivity index (χ2v) is 5.63. The van der Waals surface area contributed by atoms with Gasteiger partial charge in [0.1, 0.15) is 5.69 Å². The Balaban J connectivity index is 2.12. The van der Waals surface area contributed by atoms with Crippen molar-refractivity contribution in [1.29, 1.82) is 0 Å². The Morgan fingerprint density at radius 2 is 1.91 bits per heavy atom. The van der Waals surface area contributed by atoms with E-state index in [1.165, 1.54) is 0 Å². The zero-order chi connectivity index (χ0) is 17.2. The molecule has 0 spiro atoms. The minimum atomic E-state index is -4.54. The standard InChI is InChI=1S/C15H11Cl2F3N2O/c1-8(11-4-3-10(16)6-12(11)17)22-14(23)9-2-5-13(21-7-9)15(18,19)20/h2-8H,1H3,(H,22,23). The highest BCUT2D eigenvalue weighted by atomic mass is 35.5. The van der Waals surface area contributed by atoms with E-state index in [1.807, 2.05) is 0 Å². The molecule has 1 aromatic heterocycles. The number of alkyl halides is 3. The van der Waals surface area contributed by atoms with Crippen molar-refractivity contribution in [3.8, 4) is 0 Å². The van der Waals surface area contributed by atoms with Crippen LogP contribution in [0.25, 0.3) is 0 Å². The highest BCUT2D eigenvalue weighted by Gasteiger charge is 2.32. The molecule has 1 aromatic carbocycles. The molecule has 0 bridgehead atoms. The highest BCUT2D eigenvalue weighted by molar-refractivity contribution is 6.35. The van der Waals surface area contributed by atoms with Gasteiger partial charge in [-0.2, -0.15) is 13.2 Å². The van der Waals surface area contributed by atoms with Gasteiger partial charge in [-0.1, -0.05) is 29.3 Å². The fraction of sp³-hybridized carbons (Fsp3) is 0.200. The summed E-state index contributed by atoms with van der Waals surface area (Å²) < 4.78 is 37.3. The van der Waals surface area contributed by atoms with Crippen LogP contribution in [0.2, 0.25) is 10.0 Å². The topological polar surface area (TPSA) is 42.0 Å². The zero-order valence-corrected chi connectivity index (χ0v) is 13.3. The number of pyridine rings is 1. The lowest BCUT2D eigenvalue weighted by molar-refractivity contribution is -0.141. The maximum atomic E-state index is 12.4. The molecule has 0 saturated carbocycles. The number of hydrogen-bond donors (Lipinski definition) is 1. The van der Waals surface area contributed by atoms with Crippen LogP contribution < -0.4 is 5.32 Å². The predicted molar refractivity (Wildman–Crippen MR) is 81.6 cm³/mol. The van der Waals surface area contributed by atoms with E-state index in [4.69, 9.17) is 23.2 Å². The second-order valence-electron chi connectivity index (χ2n) is 4.79. The van der Waals surface area contributed by atoms with E-state index in [9.17, 15) is 18.0 Å². The monoisotopic (exact) mass is 362 g/mol. The van der Waals surface area contributed by atoms with E-state index >= 15 is 0 Å². The van der Waals surface area contributed by atoms with E-state index in [-0.39, 0.29) is 5.56 Å². The van der Waals surface area contributed by atoms with E-state index in [1.54, 1.807) is 25.1 Å². The molecular weight excluding hydrogens is 352 g/mol. The zero-order valence-electron chi connectivity index (χ0n) is 11.8. The SMILES string of the molecule is CC(NC(=O)c1ccc(C(F)(F)F)nc1)c1ccc(Cl)cc1Cl. The van der Waals surface area contributed by atoms with Crippen LogP contribution in [0.4, 0.5) is 13.2 Å². The van der Waals surface area contributed by atoms with Crippen molar-refractivity contribution >= 4 is 29.1 Å². The molecule has 2 aromatic rings. The number of aromatic nitrogens is 1. The van der Waals surface area contributed by atoms with Gasteiger partial charge in [0.15, 0.2) is 0 Å². The average molecular weight is 363 g/mol. The van der Waals surface area contributed by atoms with E-state index in [0.29, 0.717) is 15.6 Å². The summed E-state index contributed by atoms with van der Waals surface area (Å²) in [6.07, 6.45) is -3.66. The summed E-state index contributed by atoms with van der Waals surface area (Å²) in [6.45, 7) is 1.70. The summed E-state index contributed by atoms with van der Waals surface area (Å²) in [4.78, 5) is 15.3. The van der Waals surface area contributed by atoms with Crippen molar-refractivity contribution in [2.75, 3.05) is 0 Å². The number of amides is 1. The lowest BCUT2D eigenvalue weighted by Crippen LogP contribution is -2.27. The van der Waals surface area contributed by atoms with Crippen LogP contribution in [0, 0.1) is 0 Å². The van der Waals surface area contributed by atoms with Gasteiger partial charge in [0.05, 0.1) is 11.6 Å². The number of nitrogens with zero attached hydrogens (tertiary/aromatic N) is 1. The first-order valence-electron chi connectivity index (χ1n) is 6.47.